The molecule has 1 aromatic rings. The van der Waals surface area contributed by atoms with Crippen LogP contribution < -0.4 is 10.1 Å². The fourth-order valence-corrected chi connectivity index (χ4v) is 2.91. The van der Waals surface area contributed by atoms with Crippen molar-refractivity contribution in [3.05, 3.63) is 28.3 Å². The van der Waals surface area contributed by atoms with E-state index in [1.54, 1.807) is 6.92 Å². The summed E-state index contributed by atoms with van der Waals surface area (Å²) in [5.41, 5.74) is 4.00. The predicted octanol–water partition coefficient (Wildman–Crippen LogP) is 3.34. The van der Waals surface area contributed by atoms with E-state index in [2.05, 4.69) is 5.32 Å². The highest BCUT2D eigenvalue weighted by molar-refractivity contribution is 5.79. The van der Waals surface area contributed by atoms with Crippen LogP contribution in [0, 0.1) is 19.8 Å². The van der Waals surface area contributed by atoms with E-state index in [0.29, 0.717) is 6.61 Å². The summed E-state index contributed by atoms with van der Waals surface area (Å²) in [6.07, 6.45) is 1.06. The van der Waals surface area contributed by atoms with Crippen molar-refractivity contribution in [2.75, 3.05) is 6.61 Å². The Balaban J connectivity index is 2.39. The first-order valence-corrected chi connectivity index (χ1v) is 8.12. The number of aliphatic hydroxyl groups excluding tert-OH is 1. The number of hydrogen-bond acceptors (Lipinski definition) is 3. The quantitative estimate of drug-likeness (QED) is 0.897. The summed E-state index contributed by atoms with van der Waals surface area (Å²) < 4.78 is 5.84. The molecular formula is C18H27NO3. The van der Waals surface area contributed by atoms with Crippen LogP contribution in [0.5, 0.6) is 5.75 Å². The minimum atomic E-state index is -0.531. The Kier molecular flexibility index (Phi) is 5.12. The van der Waals surface area contributed by atoms with Gasteiger partial charge in [-0.15, -0.1) is 0 Å². The van der Waals surface area contributed by atoms with Crippen molar-refractivity contribution in [1.29, 1.82) is 0 Å². The highest BCUT2D eigenvalue weighted by Crippen LogP contribution is 2.39. The summed E-state index contributed by atoms with van der Waals surface area (Å²) >= 11 is 0. The molecule has 0 fully saturated rings. The van der Waals surface area contributed by atoms with Gasteiger partial charge in [-0.05, 0) is 49.9 Å². The number of ether oxygens (including phenoxy) is 1. The minimum absolute atomic E-state index is 0.00840. The number of amides is 1. The van der Waals surface area contributed by atoms with E-state index in [1.807, 2.05) is 33.8 Å². The van der Waals surface area contributed by atoms with Crippen molar-refractivity contribution in [3.63, 3.8) is 0 Å². The third-order valence-electron chi connectivity index (χ3n) is 4.76. The standard InChI is InChI=1S/C18H27NO3/c1-6-10(2)18(21)19-16-7-8-22-17-12(4)11(3)14(13(5)20)9-15(16)17/h9-10,13,16,20H,6-8H2,1-5H3,(H,19,21). The number of carbonyl (C=O) groups excluding carboxylic acids is 1. The molecule has 4 heteroatoms. The molecule has 0 aliphatic carbocycles. The molecule has 0 aromatic heterocycles. The van der Waals surface area contributed by atoms with Crippen molar-refractivity contribution in [1.82, 2.24) is 5.32 Å². The van der Waals surface area contributed by atoms with E-state index in [1.165, 1.54) is 0 Å². The monoisotopic (exact) mass is 305 g/mol. The Labute approximate surface area is 132 Å². The van der Waals surface area contributed by atoms with Gasteiger partial charge in [0.2, 0.25) is 5.91 Å². The summed E-state index contributed by atoms with van der Waals surface area (Å²) in [7, 11) is 0. The molecule has 3 unspecified atom stereocenters. The first kappa shape index (κ1) is 16.8. The van der Waals surface area contributed by atoms with Crippen molar-refractivity contribution in [3.8, 4) is 5.75 Å². The number of nitrogens with one attached hydrogen (secondary N) is 1. The molecule has 1 amide bonds. The van der Waals surface area contributed by atoms with Gasteiger partial charge in [0, 0.05) is 17.9 Å². The number of aliphatic hydroxyl groups is 1. The zero-order chi connectivity index (χ0) is 16.4. The number of benzene rings is 1. The Hall–Kier alpha value is -1.55. The molecule has 122 valence electrons. The summed E-state index contributed by atoms with van der Waals surface area (Å²) in [5, 5.41) is 13.1. The second kappa shape index (κ2) is 6.69. The maximum Gasteiger partial charge on any atom is 0.223 e. The molecular weight excluding hydrogens is 278 g/mol. The van der Waals surface area contributed by atoms with Crippen LogP contribution in [0.25, 0.3) is 0 Å². The van der Waals surface area contributed by atoms with Gasteiger partial charge >= 0.3 is 0 Å². The second-order valence-corrected chi connectivity index (χ2v) is 6.32. The summed E-state index contributed by atoms with van der Waals surface area (Å²) in [4.78, 5) is 12.2. The van der Waals surface area contributed by atoms with Crippen LogP contribution in [0.4, 0.5) is 0 Å². The molecule has 2 rings (SSSR count). The zero-order valence-electron chi connectivity index (χ0n) is 14.2. The third kappa shape index (κ3) is 3.12. The molecule has 1 heterocycles. The van der Waals surface area contributed by atoms with Crippen molar-refractivity contribution in [2.45, 2.75) is 59.6 Å². The molecule has 0 saturated carbocycles. The van der Waals surface area contributed by atoms with Gasteiger partial charge in [-0.25, -0.2) is 0 Å². The lowest BCUT2D eigenvalue weighted by molar-refractivity contribution is -0.125. The van der Waals surface area contributed by atoms with Crippen molar-refractivity contribution in [2.24, 2.45) is 5.92 Å². The Morgan fingerprint density at radius 1 is 1.41 bits per heavy atom. The summed E-state index contributed by atoms with van der Waals surface area (Å²) in [5.74, 6) is 0.953. The van der Waals surface area contributed by atoms with Crippen LogP contribution in [-0.2, 0) is 4.79 Å². The normalized spacial score (nSPS) is 19.8. The van der Waals surface area contributed by atoms with Crippen LogP contribution in [0.15, 0.2) is 6.07 Å². The van der Waals surface area contributed by atoms with Crippen LogP contribution in [-0.4, -0.2) is 17.6 Å². The number of fused-ring (bicyclic) bond motifs is 1. The Morgan fingerprint density at radius 2 is 2.09 bits per heavy atom. The van der Waals surface area contributed by atoms with E-state index in [0.717, 1.165) is 40.8 Å². The molecule has 4 nitrogen and oxygen atoms in total. The first-order valence-electron chi connectivity index (χ1n) is 8.12. The van der Waals surface area contributed by atoms with Crippen molar-refractivity contribution < 1.29 is 14.6 Å². The Morgan fingerprint density at radius 3 is 2.68 bits per heavy atom. The van der Waals surface area contributed by atoms with Crippen LogP contribution >= 0.6 is 0 Å². The first-order chi connectivity index (χ1) is 10.4. The van der Waals surface area contributed by atoms with E-state index >= 15 is 0 Å². The highest BCUT2D eigenvalue weighted by Gasteiger charge is 2.28. The van der Waals surface area contributed by atoms with E-state index in [9.17, 15) is 9.90 Å². The number of carbonyl (C=O) groups is 1. The lowest BCUT2D eigenvalue weighted by atomic mass is 9.89. The molecule has 0 bridgehead atoms. The van der Waals surface area contributed by atoms with Gasteiger partial charge in [0.05, 0.1) is 18.8 Å². The molecule has 1 aromatic carbocycles. The average molecular weight is 305 g/mol. The molecule has 0 saturated heterocycles. The lowest BCUT2D eigenvalue weighted by Gasteiger charge is -2.30. The molecule has 1 aliphatic heterocycles. The largest absolute Gasteiger partial charge is 0.493 e. The van der Waals surface area contributed by atoms with Gasteiger partial charge in [-0.2, -0.15) is 0 Å². The maximum absolute atomic E-state index is 12.2. The van der Waals surface area contributed by atoms with Gasteiger partial charge in [0.25, 0.3) is 0 Å². The fraction of sp³-hybridized carbons (Fsp3) is 0.611. The van der Waals surface area contributed by atoms with E-state index < -0.39 is 6.10 Å². The predicted molar refractivity (Wildman–Crippen MR) is 87.0 cm³/mol. The highest BCUT2D eigenvalue weighted by atomic mass is 16.5. The molecule has 2 N–H and O–H groups in total. The van der Waals surface area contributed by atoms with Crippen LogP contribution in [0.1, 0.15) is 68.0 Å². The van der Waals surface area contributed by atoms with Crippen LogP contribution in [0.2, 0.25) is 0 Å². The van der Waals surface area contributed by atoms with Gasteiger partial charge in [-0.3, -0.25) is 4.79 Å². The maximum atomic E-state index is 12.2. The topological polar surface area (TPSA) is 58.6 Å². The summed E-state index contributed by atoms with van der Waals surface area (Å²) in [6.45, 7) is 10.3. The number of rotatable bonds is 4. The SMILES string of the molecule is CCC(C)C(=O)NC1CCOc2c1cc(C(C)O)c(C)c2C. The lowest BCUT2D eigenvalue weighted by Crippen LogP contribution is -2.35. The minimum Gasteiger partial charge on any atom is -0.493 e. The fourth-order valence-electron chi connectivity index (χ4n) is 2.91. The van der Waals surface area contributed by atoms with Gasteiger partial charge in [0.1, 0.15) is 5.75 Å². The van der Waals surface area contributed by atoms with Gasteiger partial charge in [0.15, 0.2) is 0 Å². The average Bonchev–Trinajstić information content (AvgIpc) is 2.49. The molecule has 0 radical (unpaired) electrons. The van der Waals surface area contributed by atoms with Gasteiger partial charge < -0.3 is 15.2 Å². The zero-order valence-corrected chi connectivity index (χ0v) is 14.2. The Bertz CT molecular complexity index is 566. The molecule has 1 aliphatic rings. The van der Waals surface area contributed by atoms with E-state index in [-0.39, 0.29) is 17.9 Å². The number of hydrogen-bond donors (Lipinski definition) is 2. The molecule has 0 spiro atoms. The molecule has 3 atom stereocenters. The smallest absolute Gasteiger partial charge is 0.223 e. The second-order valence-electron chi connectivity index (χ2n) is 6.32. The summed E-state index contributed by atoms with van der Waals surface area (Å²) in [6, 6.07) is 1.95. The molecule has 22 heavy (non-hydrogen) atoms. The van der Waals surface area contributed by atoms with Crippen molar-refractivity contribution >= 4 is 5.91 Å². The third-order valence-corrected chi connectivity index (χ3v) is 4.76. The van der Waals surface area contributed by atoms with E-state index in [4.69, 9.17) is 4.74 Å². The van der Waals surface area contributed by atoms with Gasteiger partial charge in [-0.1, -0.05) is 13.8 Å². The van der Waals surface area contributed by atoms with Crippen LogP contribution in [0.3, 0.4) is 0 Å².